The molecule has 0 fully saturated rings. The van der Waals surface area contributed by atoms with Crippen LogP contribution in [0.4, 0.5) is 0 Å². The van der Waals surface area contributed by atoms with Gasteiger partial charge in [0.05, 0.1) is 12.5 Å². The maximum absolute atomic E-state index is 8.27. The zero-order valence-corrected chi connectivity index (χ0v) is 5.04. The van der Waals surface area contributed by atoms with Crippen LogP contribution in [-0.2, 0) is 6.42 Å². The van der Waals surface area contributed by atoms with Crippen molar-refractivity contribution in [3.05, 3.63) is 35.9 Å². The van der Waals surface area contributed by atoms with E-state index >= 15 is 0 Å². The van der Waals surface area contributed by atoms with E-state index in [9.17, 15) is 0 Å². The Labute approximate surface area is 54.6 Å². The number of nitriles is 1. The molecule has 0 aliphatic carbocycles. The predicted octanol–water partition coefficient (Wildman–Crippen LogP) is 1.75. The molecule has 1 aromatic rings. The maximum Gasteiger partial charge on any atom is 0.0669 e. The van der Waals surface area contributed by atoms with Crippen molar-refractivity contribution in [2.24, 2.45) is 0 Å². The lowest BCUT2D eigenvalue weighted by Crippen LogP contribution is -1.76. The van der Waals surface area contributed by atoms with Crippen LogP contribution in [0.2, 0.25) is 0 Å². The third-order valence-corrected chi connectivity index (χ3v) is 1.13. The molecule has 0 amide bonds. The smallest absolute Gasteiger partial charge is 0.0669 e. The molecule has 9 heavy (non-hydrogen) atoms. The van der Waals surface area contributed by atoms with Crippen molar-refractivity contribution in [1.82, 2.24) is 0 Å². The van der Waals surface area contributed by atoms with Gasteiger partial charge in [-0.1, -0.05) is 30.3 Å². The van der Waals surface area contributed by atoms with E-state index in [-0.39, 0.29) is 0 Å². The van der Waals surface area contributed by atoms with Crippen LogP contribution in [0.1, 0.15) is 5.56 Å². The molecule has 0 heterocycles. The van der Waals surface area contributed by atoms with E-state index in [0.29, 0.717) is 6.42 Å². The van der Waals surface area contributed by atoms with Gasteiger partial charge in [0.15, 0.2) is 0 Å². The second kappa shape index (κ2) is 2.88. The van der Waals surface area contributed by atoms with E-state index in [4.69, 9.17) is 5.26 Å². The van der Waals surface area contributed by atoms with E-state index in [1.165, 1.54) is 0 Å². The van der Waals surface area contributed by atoms with Crippen molar-refractivity contribution in [2.45, 2.75) is 6.42 Å². The second-order valence-electron chi connectivity index (χ2n) is 1.82. The Bertz CT molecular complexity index is 208. The van der Waals surface area contributed by atoms with Crippen LogP contribution >= 0.6 is 0 Å². The lowest BCUT2D eigenvalue weighted by atomic mass is 10.3. The highest BCUT2D eigenvalue weighted by molar-refractivity contribution is 5.17. The first-order valence-electron chi connectivity index (χ1n) is 2.84. The molecule has 0 saturated carbocycles. The van der Waals surface area contributed by atoms with Crippen LogP contribution in [-0.4, -0.2) is 0 Å². The Morgan fingerprint density at radius 1 is 1.22 bits per heavy atom. The van der Waals surface area contributed by atoms with Gasteiger partial charge in [0.25, 0.3) is 0 Å². The molecule has 44 valence electrons. The minimum atomic E-state index is 0.515. The SMILES string of the molecule is N#[13C][13CH2]c1ccccc1. The lowest BCUT2D eigenvalue weighted by molar-refractivity contribution is 1.26. The largest absolute Gasteiger partial charge is 0.198 e. The lowest BCUT2D eigenvalue weighted by Gasteiger charge is -1.88. The summed E-state index contributed by atoms with van der Waals surface area (Å²) in [7, 11) is 0. The molecule has 1 aromatic carbocycles. The minimum Gasteiger partial charge on any atom is -0.198 e. The minimum absolute atomic E-state index is 0.515. The Kier molecular flexibility index (Phi) is 1.87. The van der Waals surface area contributed by atoms with Crippen molar-refractivity contribution < 1.29 is 0 Å². The highest BCUT2D eigenvalue weighted by Crippen LogP contribution is 1.96. The topological polar surface area (TPSA) is 23.8 Å². The van der Waals surface area contributed by atoms with Gasteiger partial charge < -0.3 is 0 Å². The molecule has 0 aromatic heterocycles. The monoisotopic (exact) mass is 119 g/mol. The van der Waals surface area contributed by atoms with E-state index < -0.39 is 0 Å². The predicted molar refractivity (Wildman–Crippen MR) is 35.8 cm³/mol. The van der Waals surface area contributed by atoms with Crippen LogP contribution in [0.25, 0.3) is 0 Å². The molecule has 0 N–H and O–H groups in total. The third-order valence-electron chi connectivity index (χ3n) is 1.13. The molecule has 0 spiro atoms. The summed E-state index contributed by atoms with van der Waals surface area (Å²) in [5.41, 5.74) is 1.08. The van der Waals surface area contributed by atoms with Crippen LogP contribution in [0.5, 0.6) is 0 Å². The molecule has 1 rings (SSSR count). The average Bonchev–Trinajstić information content (AvgIpc) is 1.91. The molecule has 0 aliphatic rings. The molecule has 0 atom stereocenters. The Morgan fingerprint density at radius 3 is 2.44 bits per heavy atom. The van der Waals surface area contributed by atoms with Gasteiger partial charge in [-0.3, -0.25) is 0 Å². The molecule has 0 aliphatic heterocycles. The number of benzene rings is 1. The van der Waals surface area contributed by atoms with E-state index in [0.717, 1.165) is 5.56 Å². The van der Waals surface area contributed by atoms with Gasteiger partial charge in [0.2, 0.25) is 0 Å². The fourth-order valence-electron chi connectivity index (χ4n) is 0.687. The fraction of sp³-hybridized carbons (Fsp3) is 0.125. The normalized spacial score (nSPS) is 8.33. The Hall–Kier alpha value is -1.29. The number of hydrogen-bond acceptors (Lipinski definition) is 1. The van der Waals surface area contributed by atoms with Gasteiger partial charge >= 0.3 is 0 Å². The second-order valence-corrected chi connectivity index (χ2v) is 1.82. The van der Waals surface area contributed by atoms with Gasteiger partial charge in [-0.05, 0) is 5.56 Å². The summed E-state index contributed by atoms with van der Waals surface area (Å²) >= 11 is 0. The van der Waals surface area contributed by atoms with Crippen LogP contribution in [0.15, 0.2) is 30.3 Å². The summed E-state index contributed by atoms with van der Waals surface area (Å²) in [4.78, 5) is 0. The summed E-state index contributed by atoms with van der Waals surface area (Å²) in [6.07, 6.45) is 0.515. The summed E-state index contributed by atoms with van der Waals surface area (Å²) in [6.45, 7) is 0. The summed E-state index contributed by atoms with van der Waals surface area (Å²) in [5.74, 6) is 0. The zero-order chi connectivity index (χ0) is 6.53. The first-order chi connectivity index (χ1) is 4.43. The van der Waals surface area contributed by atoms with E-state index in [1.807, 2.05) is 30.3 Å². The summed E-state index contributed by atoms with van der Waals surface area (Å²) in [5, 5.41) is 8.27. The molecule has 1 nitrogen and oxygen atoms in total. The van der Waals surface area contributed by atoms with Crippen LogP contribution in [0.3, 0.4) is 0 Å². The van der Waals surface area contributed by atoms with Gasteiger partial charge in [-0.25, -0.2) is 0 Å². The van der Waals surface area contributed by atoms with Gasteiger partial charge in [0.1, 0.15) is 0 Å². The number of hydrogen-bond donors (Lipinski definition) is 0. The summed E-state index contributed by atoms with van der Waals surface area (Å²) < 4.78 is 0. The van der Waals surface area contributed by atoms with Gasteiger partial charge in [-0.15, -0.1) is 0 Å². The van der Waals surface area contributed by atoms with Gasteiger partial charge in [0, 0.05) is 0 Å². The molecular formula is C8H7N. The van der Waals surface area contributed by atoms with Crippen molar-refractivity contribution in [3.63, 3.8) is 0 Å². The van der Waals surface area contributed by atoms with E-state index in [2.05, 4.69) is 6.07 Å². The van der Waals surface area contributed by atoms with Crippen molar-refractivity contribution in [2.75, 3.05) is 0 Å². The van der Waals surface area contributed by atoms with Gasteiger partial charge in [-0.2, -0.15) is 5.26 Å². The first-order valence-corrected chi connectivity index (χ1v) is 2.84. The van der Waals surface area contributed by atoms with Crippen LogP contribution < -0.4 is 0 Å². The molecule has 0 saturated heterocycles. The third kappa shape index (κ3) is 1.58. The average molecular weight is 119 g/mol. The number of rotatable bonds is 1. The fourth-order valence-corrected chi connectivity index (χ4v) is 0.687. The molecule has 0 radical (unpaired) electrons. The highest BCUT2D eigenvalue weighted by atomic mass is 14.6. The van der Waals surface area contributed by atoms with Crippen molar-refractivity contribution in [3.8, 4) is 6.07 Å². The standard InChI is InChI=1S/C8H7N/c9-7-6-8-4-2-1-3-5-8/h1-5H,6H2/i6+1,7+1. The van der Waals surface area contributed by atoms with E-state index in [1.54, 1.807) is 0 Å². The molecule has 0 unspecified atom stereocenters. The molecule has 1 heteroatoms. The Balaban J connectivity index is 2.76. The van der Waals surface area contributed by atoms with Crippen LogP contribution in [0, 0.1) is 11.3 Å². The van der Waals surface area contributed by atoms with Crippen molar-refractivity contribution >= 4 is 0 Å². The highest BCUT2D eigenvalue weighted by Gasteiger charge is 1.84. The quantitative estimate of drug-likeness (QED) is 0.516. The number of nitrogens with zero attached hydrogens (tertiary/aromatic N) is 1. The van der Waals surface area contributed by atoms with Crippen molar-refractivity contribution in [1.29, 1.82) is 5.26 Å². The molecular weight excluding hydrogens is 112 g/mol. The maximum atomic E-state index is 8.27. The first kappa shape index (κ1) is 5.84. The Morgan fingerprint density at radius 2 is 1.89 bits per heavy atom. The molecule has 0 bridgehead atoms. The zero-order valence-electron chi connectivity index (χ0n) is 5.04. The summed E-state index contributed by atoms with van der Waals surface area (Å²) in [6, 6.07) is 11.8.